The molecule has 10 heavy (non-hydrogen) atoms. The lowest BCUT2D eigenvalue weighted by atomic mass is 10.3. The molecular weight excluding hydrogens is 126 g/mol. The van der Waals surface area contributed by atoms with Gasteiger partial charge in [-0.2, -0.15) is 0 Å². The summed E-state index contributed by atoms with van der Waals surface area (Å²) in [5.74, 6) is 0.903. The maximum Gasteiger partial charge on any atom is 0.159 e. The van der Waals surface area contributed by atoms with Crippen LogP contribution in [0.3, 0.4) is 0 Å². The Morgan fingerprint density at radius 2 is 2.50 bits per heavy atom. The summed E-state index contributed by atoms with van der Waals surface area (Å²) in [6.07, 6.45) is 5.55. The molecule has 0 amide bonds. The Morgan fingerprint density at radius 1 is 1.70 bits per heavy atom. The van der Waals surface area contributed by atoms with Crippen LogP contribution in [0.5, 0.6) is 0 Å². The molecule has 1 aliphatic heterocycles. The van der Waals surface area contributed by atoms with Crippen molar-refractivity contribution in [3.8, 4) is 0 Å². The molecular formula is C8H11NO. The Hall–Kier alpha value is -1.18. The highest BCUT2D eigenvalue weighted by atomic mass is 16.5. The van der Waals surface area contributed by atoms with E-state index in [0.29, 0.717) is 6.73 Å². The van der Waals surface area contributed by atoms with E-state index in [0.717, 1.165) is 11.5 Å². The first kappa shape index (κ1) is 6.93. The highest BCUT2D eigenvalue weighted by Gasteiger charge is 2.10. The van der Waals surface area contributed by atoms with Crippen molar-refractivity contribution in [2.75, 3.05) is 6.73 Å². The average molecular weight is 137 g/mol. The van der Waals surface area contributed by atoms with Crippen LogP contribution >= 0.6 is 0 Å². The molecule has 1 aliphatic rings. The van der Waals surface area contributed by atoms with E-state index in [1.165, 1.54) is 0 Å². The molecule has 1 N–H and O–H groups in total. The zero-order chi connectivity index (χ0) is 7.40. The minimum absolute atomic E-state index is 0.569. The molecule has 1 fully saturated rings. The van der Waals surface area contributed by atoms with Gasteiger partial charge in [0.1, 0.15) is 5.76 Å². The smallest absolute Gasteiger partial charge is 0.159 e. The summed E-state index contributed by atoms with van der Waals surface area (Å²) in [7, 11) is 0. The number of rotatable bonds is 1. The molecule has 0 aliphatic carbocycles. The fraction of sp³-hybridized carbons (Fsp3) is 0.250. The summed E-state index contributed by atoms with van der Waals surface area (Å²) in [6, 6.07) is 0. The second-order valence-corrected chi connectivity index (χ2v) is 1.93. The molecule has 54 valence electrons. The summed E-state index contributed by atoms with van der Waals surface area (Å²) < 4.78 is 5.20. The molecule has 0 bridgehead atoms. The quantitative estimate of drug-likeness (QED) is 0.592. The summed E-state index contributed by atoms with van der Waals surface area (Å²) in [5, 5.41) is 3.06. The highest BCUT2D eigenvalue weighted by molar-refractivity contribution is 5.29. The van der Waals surface area contributed by atoms with Crippen LogP contribution in [0.1, 0.15) is 6.92 Å². The molecule has 1 saturated heterocycles. The van der Waals surface area contributed by atoms with Gasteiger partial charge < -0.3 is 10.1 Å². The van der Waals surface area contributed by atoms with Crippen LogP contribution in [0.25, 0.3) is 0 Å². The minimum Gasteiger partial charge on any atom is -0.472 e. The monoisotopic (exact) mass is 137 g/mol. The van der Waals surface area contributed by atoms with Gasteiger partial charge >= 0.3 is 0 Å². The lowest BCUT2D eigenvalue weighted by Crippen LogP contribution is -2.03. The van der Waals surface area contributed by atoms with E-state index < -0.39 is 0 Å². The fourth-order valence-electron chi connectivity index (χ4n) is 0.854. The summed E-state index contributed by atoms with van der Waals surface area (Å²) in [6.45, 7) is 6.11. The van der Waals surface area contributed by atoms with E-state index in [4.69, 9.17) is 4.74 Å². The van der Waals surface area contributed by atoms with E-state index in [-0.39, 0.29) is 0 Å². The van der Waals surface area contributed by atoms with Crippen LogP contribution in [0.15, 0.2) is 36.3 Å². The predicted octanol–water partition coefficient (Wildman–Crippen LogP) is 1.54. The van der Waals surface area contributed by atoms with Gasteiger partial charge in [0, 0.05) is 0 Å². The molecule has 0 atom stereocenters. The Kier molecular flexibility index (Phi) is 2.15. The largest absolute Gasteiger partial charge is 0.472 e. The van der Waals surface area contributed by atoms with Crippen molar-refractivity contribution >= 4 is 0 Å². The zero-order valence-electron chi connectivity index (χ0n) is 6.05. The number of ether oxygens (including phenoxy) is 1. The van der Waals surface area contributed by atoms with Crippen LogP contribution in [0.4, 0.5) is 0 Å². The molecule has 0 radical (unpaired) electrons. The van der Waals surface area contributed by atoms with E-state index in [1.807, 2.05) is 19.1 Å². The SMILES string of the molecule is C=C/C=C1/NCO/C1=C/C. The maximum absolute atomic E-state index is 5.20. The highest BCUT2D eigenvalue weighted by Crippen LogP contribution is 2.13. The third kappa shape index (κ3) is 1.21. The van der Waals surface area contributed by atoms with Crippen LogP contribution in [0.2, 0.25) is 0 Å². The van der Waals surface area contributed by atoms with E-state index >= 15 is 0 Å². The number of hydrogen-bond acceptors (Lipinski definition) is 2. The van der Waals surface area contributed by atoms with Gasteiger partial charge in [0.05, 0.1) is 5.70 Å². The molecule has 0 saturated carbocycles. The number of allylic oxidation sites excluding steroid dienone is 3. The molecule has 0 spiro atoms. The molecule has 2 nitrogen and oxygen atoms in total. The van der Waals surface area contributed by atoms with Gasteiger partial charge in [-0.15, -0.1) is 0 Å². The standard InChI is InChI=1S/C8H11NO/c1-3-5-7-8(4-2)10-6-9-7/h3-5,9H,1,6H2,2H3/b7-5+,8-4+. The normalized spacial score (nSPS) is 24.5. The second-order valence-electron chi connectivity index (χ2n) is 1.93. The van der Waals surface area contributed by atoms with Crippen LogP contribution < -0.4 is 5.32 Å². The van der Waals surface area contributed by atoms with Crippen LogP contribution in [0, 0.1) is 0 Å². The van der Waals surface area contributed by atoms with Crippen molar-refractivity contribution in [3.05, 3.63) is 36.3 Å². The van der Waals surface area contributed by atoms with Crippen molar-refractivity contribution in [1.29, 1.82) is 0 Å². The third-order valence-corrected chi connectivity index (χ3v) is 1.30. The van der Waals surface area contributed by atoms with Crippen molar-refractivity contribution in [1.82, 2.24) is 5.32 Å². The molecule has 1 rings (SSSR count). The van der Waals surface area contributed by atoms with E-state index in [2.05, 4.69) is 11.9 Å². The average Bonchev–Trinajstić information content (AvgIpc) is 2.36. The zero-order valence-corrected chi connectivity index (χ0v) is 6.05. The van der Waals surface area contributed by atoms with Crippen molar-refractivity contribution < 1.29 is 4.74 Å². The van der Waals surface area contributed by atoms with Crippen molar-refractivity contribution in [2.45, 2.75) is 6.92 Å². The molecule has 2 heteroatoms. The topological polar surface area (TPSA) is 21.3 Å². The maximum atomic E-state index is 5.20. The molecule has 0 aromatic rings. The van der Waals surface area contributed by atoms with Gasteiger partial charge in [0.15, 0.2) is 6.73 Å². The predicted molar refractivity (Wildman–Crippen MR) is 41.1 cm³/mol. The molecule has 1 heterocycles. The fourth-order valence-corrected chi connectivity index (χ4v) is 0.854. The number of nitrogens with one attached hydrogen (secondary N) is 1. The van der Waals surface area contributed by atoms with Crippen LogP contribution in [-0.2, 0) is 4.74 Å². The number of hydrogen-bond donors (Lipinski definition) is 1. The molecule has 0 unspecified atom stereocenters. The first-order valence-electron chi connectivity index (χ1n) is 3.24. The molecule has 0 aromatic carbocycles. The Bertz CT molecular complexity index is 191. The molecule has 0 aromatic heterocycles. The third-order valence-electron chi connectivity index (χ3n) is 1.30. The van der Waals surface area contributed by atoms with Gasteiger partial charge in [0.2, 0.25) is 0 Å². The Labute approximate surface area is 60.9 Å². The lowest BCUT2D eigenvalue weighted by molar-refractivity contribution is 0.254. The first-order chi connectivity index (χ1) is 4.88. The van der Waals surface area contributed by atoms with Gasteiger partial charge in [0.25, 0.3) is 0 Å². The minimum atomic E-state index is 0.569. The first-order valence-corrected chi connectivity index (χ1v) is 3.24. The van der Waals surface area contributed by atoms with E-state index in [1.54, 1.807) is 6.08 Å². The van der Waals surface area contributed by atoms with Crippen LogP contribution in [-0.4, -0.2) is 6.73 Å². The van der Waals surface area contributed by atoms with Gasteiger partial charge in [-0.3, -0.25) is 0 Å². The van der Waals surface area contributed by atoms with Gasteiger partial charge in [-0.1, -0.05) is 12.7 Å². The van der Waals surface area contributed by atoms with Gasteiger partial charge in [-0.05, 0) is 19.1 Å². The Morgan fingerprint density at radius 3 is 3.10 bits per heavy atom. The van der Waals surface area contributed by atoms with Crippen molar-refractivity contribution in [2.24, 2.45) is 0 Å². The second kappa shape index (κ2) is 3.11. The summed E-state index contributed by atoms with van der Waals surface area (Å²) in [5.41, 5.74) is 1.01. The summed E-state index contributed by atoms with van der Waals surface area (Å²) >= 11 is 0. The van der Waals surface area contributed by atoms with Crippen molar-refractivity contribution in [3.63, 3.8) is 0 Å². The van der Waals surface area contributed by atoms with Gasteiger partial charge in [-0.25, -0.2) is 0 Å². The van der Waals surface area contributed by atoms with E-state index in [9.17, 15) is 0 Å². The Balaban J connectivity index is 2.77. The lowest BCUT2D eigenvalue weighted by Gasteiger charge is -1.93. The summed E-state index contributed by atoms with van der Waals surface area (Å²) in [4.78, 5) is 0.